The number of hydrogen-bond acceptors (Lipinski definition) is 5. The second-order valence-electron chi connectivity index (χ2n) is 10.1. The zero-order valence-corrected chi connectivity index (χ0v) is 22.1. The maximum atomic E-state index is 15.0. The summed E-state index contributed by atoms with van der Waals surface area (Å²) >= 11 is 0. The summed E-state index contributed by atoms with van der Waals surface area (Å²) in [6, 6.07) is 15.3. The van der Waals surface area contributed by atoms with E-state index in [2.05, 4.69) is 34.1 Å². The van der Waals surface area contributed by atoms with Crippen LogP contribution in [0.5, 0.6) is 11.5 Å². The Morgan fingerprint density at radius 1 is 1.05 bits per heavy atom. The van der Waals surface area contributed by atoms with Gasteiger partial charge in [0, 0.05) is 56.7 Å². The van der Waals surface area contributed by atoms with Crippen LogP contribution >= 0.6 is 0 Å². The van der Waals surface area contributed by atoms with Crippen molar-refractivity contribution in [2.24, 2.45) is 5.92 Å². The standard InChI is InChI=1S/C30H36FN3O4/c1-21-27(20-38-24-7-5-23-19-32-30(35)26(23)18-24)25(9-12-34(21)14-13-33-10-3-4-11-33)22-6-8-29(28(31)17-22)37-16-15-36-2/h3-8,10-11,17-18,21,25,27H,9,12-16,19-20H2,1-2H3,(H,32,35). The van der Waals surface area contributed by atoms with E-state index >= 15 is 0 Å². The van der Waals surface area contributed by atoms with Gasteiger partial charge in [-0.15, -0.1) is 0 Å². The van der Waals surface area contributed by atoms with Gasteiger partial charge in [0.1, 0.15) is 12.4 Å². The molecule has 0 spiro atoms. The molecule has 0 radical (unpaired) electrons. The second-order valence-corrected chi connectivity index (χ2v) is 10.1. The fraction of sp³-hybridized carbons (Fsp3) is 0.433. The molecule has 1 amide bonds. The van der Waals surface area contributed by atoms with Gasteiger partial charge in [0.2, 0.25) is 0 Å². The Labute approximate surface area is 223 Å². The molecule has 5 rings (SSSR count). The summed E-state index contributed by atoms with van der Waals surface area (Å²) in [7, 11) is 1.59. The SMILES string of the molecule is COCCOc1ccc(C2CCN(CCn3cccc3)C(C)C2COc2ccc3c(c2)C(=O)NC3)cc1F. The highest BCUT2D eigenvalue weighted by Gasteiger charge is 2.37. The predicted molar refractivity (Wildman–Crippen MR) is 143 cm³/mol. The summed E-state index contributed by atoms with van der Waals surface area (Å²) in [5.74, 6) is 0.777. The third kappa shape index (κ3) is 5.87. The number of benzene rings is 2. The molecule has 3 atom stereocenters. The number of piperidine rings is 1. The van der Waals surface area contributed by atoms with Gasteiger partial charge < -0.3 is 24.1 Å². The Kier molecular flexibility index (Phi) is 8.29. The van der Waals surface area contributed by atoms with Gasteiger partial charge in [-0.25, -0.2) is 4.39 Å². The Bertz CT molecular complexity index is 1230. The maximum absolute atomic E-state index is 15.0. The number of likely N-dealkylation sites (tertiary alicyclic amines) is 1. The number of fused-ring (bicyclic) bond motifs is 1. The highest BCUT2D eigenvalue weighted by molar-refractivity contribution is 5.98. The van der Waals surface area contributed by atoms with Crippen LogP contribution in [0.4, 0.5) is 4.39 Å². The monoisotopic (exact) mass is 521 g/mol. The van der Waals surface area contributed by atoms with Gasteiger partial charge in [0.15, 0.2) is 11.6 Å². The van der Waals surface area contributed by atoms with Crippen molar-refractivity contribution in [2.75, 3.05) is 40.0 Å². The van der Waals surface area contributed by atoms with Crippen LogP contribution in [0, 0.1) is 11.7 Å². The summed E-state index contributed by atoms with van der Waals surface area (Å²) in [5.41, 5.74) is 2.63. The Hall–Kier alpha value is -3.36. The smallest absolute Gasteiger partial charge is 0.252 e. The molecule has 2 aromatic carbocycles. The summed E-state index contributed by atoms with van der Waals surface area (Å²) in [5, 5.41) is 2.85. The molecule has 0 aliphatic carbocycles. The number of hydrogen-bond donors (Lipinski definition) is 1. The van der Waals surface area contributed by atoms with E-state index in [1.54, 1.807) is 19.2 Å². The molecule has 3 heterocycles. The highest BCUT2D eigenvalue weighted by Crippen LogP contribution is 2.39. The van der Waals surface area contributed by atoms with E-state index in [1.165, 1.54) is 0 Å². The number of amides is 1. The molecular formula is C30H36FN3O4. The Balaban J connectivity index is 1.33. The molecule has 38 heavy (non-hydrogen) atoms. The molecule has 1 N–H and O–H groups in total. The highest BCUT2D eigenvalue weighted by atomic mass is 19.1. The number of rotatable bonds is 11. The van der Waals surface area contributed by atoms with Gasteiger partial charge in [0.25, 0.3) is 5.91 Å². The number of methoxy groups -OCH3 is 1. The van der Waals surface area contributed by atoms with E-state index in [1.807, 2.05) is 36.4 Å². The molecule has 202 valence electrons. The molecule has 0 saturated carbocycles. The predicted octanol–water partition coefficient (Wildman–Crippen LogP) is 4.47. The van der Waals surface area contributed by atoms with Crippen molar-refractivity contribution < 1.29 is 23.4 Å². The summed E-state index contributed by atoms with van der Waals surface area (Å²) in [6.07, 6.45) is 5.07. The minimum Gasteiger partial charge on any atom is -0.493 e. The Morgan fingerprint density at radius 2 is 1.89 bits per heavy atom. The molecule has 1 aromatic heterocycles. The molecule has 3 aromatic rings. The molecular weight excluding hydrogens is 485 g/mol. The van der Waals surface area contributed by atoms with E-state index in [-0.39, 0.29) is 35.4 Å². The first-order valence-corrected chi connectivity index (χ1v) is 13.3. The van der Waals surface area contributed by atoms with E-state index in [0.29, 0.717) is 37.7 Å². The number of halogens is 1. The number of nitrogens with one attached hydrogen (secondary N) is 1. The van der Waals surface area contributed by atoms with Crippen molar-refractivity contribution in [3.05, 3.63) is 83.4 Å². The van der Waals surface area contributed by atoms with Crippen LogP contribution in [0.25, 0.3) is 0 Å². The van der Waals surface area contributed by atoms with E-state index in [9.17, 15) is 9.18 Å². The molecule has 2 aliphatic heterocycles. The second kappa shape index (κ2) is 12.0. The van der Waals surface area contributed by atoms with Crippen LogP contribution in [0.1, 0.15) is 40.7 Å². The molecule has 1 saturated heterocycles. The van der Waals surface area contributed by atoms with Crippen molar-refractivity contribution in [1.29, 1.82) is 0 Å². The van der Waals surface area contributed by atoms with Crippen molar-refractivity contribution in [3.8, 4) is 11.5 Å². The van der Waals surface area contributed by atoms with Crippen LogP contribution < -0.4 is 14.8 Å². The van der Waals surface area contributed by atoms with Crippen LogP contribution in [-0.4, -0.2) is 61.4 Å². The van der Waals surface area contributed by atoms with Crippen LogP contribution in [-0.2, 0) is 17.8 Å². The van der Waals surface area contributed by atoms with Gasteiger partial charge >= 0.3 is 0 Å². The van der Waals surface area contributed by atoms with Gasteiger partial charge in [-0.1, -0.05) is 12.1 Å². The fourth-order valence-electron chi connectivity index (χ4n) is 5.65. The largest absolute Gasteiger partial charge is 0.493 e. The van der Waals surface area contributed by atoms with Crippen LogP contribution in [0.15, 0.2) is 60.9 Å². The van der Waals surface area contributed by atoms with Gasteiger partial charge in [-0.3, -0.25) is 9.69 Å². The number of aromatic nitrogens is 1. The maximum Gasteiger partial charge on any atom is 0.252 e. The fourth-order valence-corrected chi connectivity index (χ4v) is 5.65. The molecule has 3 unspecified atom stereocenters. The lowest BCUT2D eigenvalue weighted by Gasteiger charge is -2.44. The van der Waals surface area contributed by atoms with Gasteiger partial charge in [-0.05, 0) is 73.3 Å². The summed E-state index contributed by atoms with van der Waals surface area (Å²) in [4.78, 5) is 14.6. The van der Waals surface area contributed by atoms with E-state index < -0.39 is 0 Å². The number of carbonyl (C=O) groups is 1. The van der Waals surface area contributed by atoms with E-state index in [0.717, 1.165) is 37.2 Å². The minimum absolute atomic E-state index is 0.0613. The minimum atomic E-state index is -0.356. The van der Waals surface area contributed by atoms with Crippen molar-refractivity contribution >= 4 is 5.91 Å². The van der Waals surface area contributed by atoms with Crippen molar-refractivity contribution in [2.45, 2.75) is 38.4 Å². The normalized spacial score (nSPS) is 21.2. The number of ether oxygens (including phenoxy) is 3. The molecule has 0 bridgehead atoms. The lowest BCUT2D eigenvalue weighted by molar-refractivity contribution is 0.0537. The van der Waals surface area contributed by atoms with Gasteiger partial charge in [-0.2, -0.15) is 0 Å². The topological polar surface area (TPSA) is 65.0 Å². The first-order chi connectivity index (χ1) is 18.5. The number of nitrogens with zero attached hydrogens (tertiary/aromatic N) is 2. The molecule has 7 nitrogen and oxygen atoms in total. The molecule has 2 aliphatic rings. The van der Waals surface area contributed by atoms with Crippen molar-refractivity contribution in [1.82, 2.24) is 14.8 Å². The quantitative estimate of drug-likeness (QED) is 0.377. The zero-order chi connectivity index (χ0) is 26.5. The third-order valence-electron chi connectivity index (χ3n) is 7.89. The summed E-state index contributed by atoms with van der Waals surface area (Å²) < 4.78 is 34.0. The van der Waals surface area contributed by atoms with Crippen LogP contribution in [0.2, 0.25) is 0 Å². The first-order valence-electron chi connectivity index (χ1n) is 13.3. The lowest BCUT2D eigenvalue weighted by Crippen LogP contribution is -2.49. The third-order valence-corrected chi connectivity index (χ3v) is 7.89. The average Bonchev–Trinajstić information content (AvgIpc) is 3.58. The van der Waals surface area contributed by atoms with Crippen LogP contribution in [0.3, 0.4) is 0 Å². The Morgan fingerprint density at radius 3 is 2.68 bits per heavy atom. The first kappa shape index (κ1) is 26.3. The van der Waals surface area contributed by atoms with Crippen molar-refractivity contribution in [3.63, 3.8) is 0 Å². The number of carbonyl (C=O) groups excluding carboxylic acids is 1. The average molecular weight is 522 g/mol. The lowest BCUT2D eigenvalue weighted by atomic mass is 9.76. The molecule has 8 heteroatoms. The molecule has 1 fully saturated rings. The zero-order valence-electron chi connectivity index (χ0n) is 22.1. The van der Waals surface area contributed by atoms with E-state index in [4.69, 9.17) is 14.2 Å². The summed E-state index contributed by atoms with van der Waals surface area (Å²) in [6.45, 7) is 6.75. The van der Waals surface area contributed by atoms with Gasteiger partial charge in [0.05, 0.1) is 13.2 Å².